The Labute approximate surface area is 115 Å². The maximum atomic E-state index is 9.15. The Bertz CT molecular complexity index is 563. The van der Waals surface area contributed by atoms with Crippen molar-refractivity contribution in [3.63, 3.8) is 0 Å². The largest absolute Gasteiger partial charge is 0.392 e. The minimum atomic E-state index is 0.0998. The van der Waals surface area contributed by atoms with E-state index < -0.39 is 0 Å². The van der Waals surface area contributed by atoms with E-state index in [4.69, 9.17) is 5.11 Å². The summed E-state index contributed by atoms with van der Waals surface area (Å²) in [6.07, 6.45) is 0. The molecule has 2 rings (SSSR count). The highest BCUT2D eigenvalue weighted by molar-refractivity contribution is 5.54. The number of anilines is 1. The van der Waals surface area contributed by atoms with E-state index in [9.17, 15) is 0 Å². The Hall–Kier alpha value is -1.80. The quantitative estimate of drug-likeness (QED) is 0.904. The van der Waals surface area contributed by atoms with Crippen molar-refractivity contribution in [1.29, 1.82) is 0 Å². The SMILES string of the molecule is Cc1ccccc1CN(C)c1ccc(CO)cc1C. The minimum absolute atomic E-state index is 0.0998. The molecule has 0 fully saturated rings. The summed E-state index contributed by atoms with van der Waals surface area (Å²) >= 11 is 0. The van der Waals surface area contributed by atoms with Gasteiger partial charge in [-0.05, 0) is 42.2 Å². The number of hydrogen-bond donors (Lipinski definition) is 1. The topological polar surface area (TPSA) is 23.5 Å². The third-order valence-electron chi connectivity index (χ3n) is 3.52. The monoisotopic (exact) mass is 255 g/mol. The second-order valence-electron chi connectivity index (χ2n) is 5.06. The number of aryl methyl sites for hydroxylation is 2. The van der Waals surface area contributed by atoms with Crippen molar-refractivity contribution in [2.45, 2.75) is 27.0 Å². The lowest BCUT2D eigenvalue weighted by Gasteiger charge is -2.23. The van der Waals surface area contributed by atoms with Gasteiger partial charge in [0.25, 0.3) is 0 Å². The van der Waals surface area contributed by atoms with Crippen molar-refractivity contribution in [2.24, 2.45) is 0 Å². The standard InChI is InChI=1S/C17H21NO/c1-13-6-4-5-7-16(13)11-18(3)17-9-8-15(12-19)10-14(17)2/h4-10,19H,11-12H2,1-3H3. The lowest BCUT2D eigenvalue weighted by molar-refractivity contribution is 0.282. The number of benzene rings is 2. The van der Waals surface area contributed by atoms with Crippen LogP contribution >= 0.6 is 0 Å². The molecule has 0 heterocycles. The van der Waals surface area contributed by atoms with Crippen molar-refractivity contribution in [3.8, 4) is 0 Å². The van der Waals surface area contributed by atoms with Crippen molar-refractivity contribution in [3.05, 3.63) is 64.7 Å². The van der Waals surface area contributed by atoms with Crippen LogP contribution in [0.3, 0.4) is 0 Å². The van der Waals surface area contributed by atoms with Crippen LogP contribution in [0.25, 0.3) is 0 Å². The van der Waals surface area contributed by atoms with E-state index in [1.807, 2.05) is 12.1 Å². The molecule has 2 aromatic rings. The van der Waals surface area contributed by atoms with Crippen molar-refractivity contribution in [1.82, 2.24) is 0 Å². The molecule has 1 N–H and O–H groups in total. The Morgan fingerprint density at radius 3 is 2.37 bits per heavy atom. The van der Waals surface area contributed by atoms with Crippen LogP contribution in [0.15, 0.2) is 42.5 Å². The van der Waals surface area contributed by atoms with Gasteiger partial charge in [-0.25, -0.2) is 0 Å². The molecule has 2 heteroatoms. The first-order chi connectivity index (χ1) is 9.11. The van der Waals surface area contributed by atoms with Gasteiger partial charge in [-0.1, -0.05) is 36.4 Å². The molecule has 0 aliphatic carbocycles. The third-order valence-corrected chi connectivity index (χ3v) is 3.52. The molecule has 2 nitrogen and oxygen atoms in total. The summed E-state index contributed by atoms with van der Waals surface area (Å²) in [5.41, 5.74) is 6.03. The Kier molecular flexibility index (Phi) is 4.23. The Morgan fingerprint density at radius 2 is 1.74 bits per heavy atom. The molecule has 0 saturated heterocycles. The highest BCUT2D eigenvalue weighted by Crippen LogP contribution is 2.22. The molecule has 0 aromatic heterocycles. The minimum Gasteiger partial charge on any atom is -0.392 e. The van der Waals surface area contributed by atoms with Gasteiger partial charge in [0.1, 0.15) is 0 Å². The summed E-state index contributed by atoms with van der Waals surface area (Å²) < 4.78 is 0. The average Bonchev–Trinajstić information content (AvgIpc) is 2.41. The van der Waals surface area contributed by atoms with Gasteiger partial charge in [0.05, 0.1) is 6.61 Å². The molecule has 0 spiro atoms. The van der Waals surface area contributed by atoms with E-state index in [2.05, 4.69) is 56.1 Å². The lowest BCUT2D eigenvalue weighted by atomic mass is 10.1. The summed E-state index contributed by atoms with van der Waals surface area (Å²) in [5.74, 6) is 0. The van der Waals surface area contributed by atoms with E-state index in [0.29, 0.717) is 0 Å². The van der Waals surface area contributed by atoms with Gasteiger partial charge in [0, 0.05) is 19.3 Å². The zero-order chi connectivity index (χ0) is 13.8. The Morgan fingerprint density at radius 1 is 1.00 bits per heavy atom. The van der Waals surface area contributed by atoms with Gasteiger partial charge in [0.2, 0.25) is 0 Å². The number of rotatable bonds is 4. The Balaban J connectivity index is 2.21. The van der Waals surface area contributed by atoms with E-state index >= 15 is 0 Å². The van der Waals surface area contributed by atoms with Crippen LogP contribution in [0.5, 0.6) is 0 Å². The molecule has 0 bridgehead atoms. The molecule has 0 atom stereocenters. The average molecular weight is 255 g/mol. The molecular formula is C17H21NO. The summed E-state index contributed by atoms with van der Waals surface area (Å²) in [6.45, 7) is 5.22. The second kappa shape index (κ2) is 5.89. The van der Waals surface area contributed by atoms with Crippen LogP contribution in [0, 0.1) is 13.8 Å². The van der Waals surface area contributed by atoms with Crippen LogP contribution in [-0.4, -0.2) is 12.2 Å². The van der Waals surface area contributed by atoms with Crippen LogP contribution in [-0.2, 0) is 13.2 Å². The molecule has 19 heavy (non-hydrogen) atoms. The van der Waals surface area contributed by atoms with Crippen molar-refractivity contribution in [2.75, 3.05) is 11.9 Å². The van der Waals surface area contributed by atoms with E-state index in [0.717, 1.165) is 12.1 Å². The third kappa shape index (κ3) is 3.15. The first-order valence-corrected chi connectivity index (χ1v) is 6.58. The number of aliphatic hydroxyl groups is 1. The van der Waals surface area contributed by atoms with Crippen molar-refractivity contribution >= 4 is 5.69 Å². The van der Waals surface area contributed by atoms with Crippen LogP contribution in [0.4, 0.5) is 5.69 Å². The zero-order valence-corrected chi connectivity index (χ0v) is 11.9. The van der Waals surface area contributed by atoms with Gasteiger partial charge in [-0.2, -0.15) is 0 Å². The van der Waals surface area contributed by atoms with Gasteiger partial charge in [-0.3, -0.25) is 0 Å². The zero-order valence-electron chi connectivity index (χ0n) is 11.9. The molecular weight excluding hydrogens is 234 g/mol. The molecule has 2 aromatic carbocycles. The molecule has 0 amide bonds. The van der Waals surface area contributed by atoms with Gasteiger partial charge in [-0.15, -0.1) is 0 Å². The maximum Gasteiger partial charge on any atom is 0.0681 e. The van der Waals surface area contributed by atoms with E-state index in [-0.39, 0.29) is 6.61 Å². The molecule has 0 radical (unpaired) electrons. The van der Waals surface area contributed by atoms with Crippen LogP contribution < -0.4 is 4.90 Å². The fourth-order valence-corrected chi connectivity index (χ4v) is 2.37. The highest BCUT2D eigenvalue weighted by Gasteiger charge is 2.07. The molecule has 0 saturated carbocycles. The number of nitrogens with zero attached hydrogens (tertiary/aromatic N) is 1. The predicted molar refractivity (Wildman–Crippen MR) is 80.4 cm³/mol. The lowest BCUT2D eigenvalue weighted by Crippen LogP contribution is -2.18. The highest BCUT2D eigenvalue weighted by atomic mass is 16.3. The fraction of sp³-hybridized carbons (Fsp3) is 0.294. The van der Waals surface area contributed by atoms with E-state index in [1.54, 1.807) is 0 Å². The molecule has 0 aliphatic heterocycles. The van der Waals surface area contributed by atoms with Gasteiger partial charge < -0.3 is 10.0 Å². The van der Waals surface area contributed by atoms with Crippen molar-refractivity contribution < 1.29 is 5.11 Å². The summed E-state index contributed by atoms with van der Waals surface area (Å²) in [4.78, 5) is 2.25. The van der Waals surface area contributed by atoms with Crippen LogP contribution in [0.1, 0.15) is 22.3 Å². The molecule has 0 unspecified atom stereocenters. The van der Waals surface area contributed by atoms with E-state index in [1.165, 1.54) is 22.4 Å². The normalized spacial score (nSPS) is 10.5. The maximum absolute atomic E-state index is 9.15. The van der Waals surface area contributed by atoms with Crippen LogP contribution in [0.2, 0.25) is 0 Å². The summed E-state index contributed by atoms with van der Waals surface area (Å²) in [6, 6.07) is 14.6. The van der Waals surface area contributed by atoms with Gasteiger partial charge >= 0.3 is 0 Å². The molecule has 100 valence electrons. The number of hydrogen-bond acceptors (Lipinski definition) is 2. The molecule has 0 aliphatic rings. The summed E-state index contributed by atoms with van der Waals surface area (Å²) in [7, 11) is 2.10. The second-order valence-corrected chi connectivity index (χ2v) is 5.06. The first kappa shape index (κ1) is 13.6. The smallest absolute Gasteiger partial charge is 0.0681 e. The fourth-order valence-electron chi connectivity index (χ4n) is 2.37. The summed E-state index contributed by atoms with van der Waals surface area (Å²) in [5, 5.41) is 9.15. The van der Waals surface area contributed by atoms with Gasteiger partial charge in [0.15, 0.2) is 0 Å². The predicted octanol–water partition coefficient (Wildman–Crippen LogP) is 3.43. The number of aliphatic hydroxyl groups excluding tert-OH is 1. The first-order valence-electron chi connectivity index (χ1n) is 6.58.